The number of amides is 3. The van der Waals surface area contributed by atoms with Gasteiger partial charge in [0.25, 0.3) is 0 Å². The number of hydrogen-bond donors (Lipinski definition) is 5. The Balaban J connectivity index is 2.81. The maximum absolute atomic E-state index is 12.6. The Kier molecular flexibility index (Phi) is 9.53. The Morgan fingerprint density at radius 2 is 1.85 bits per heavy atom. The number of rotatable bonds is 10. The van der Waals surface area contributed by atoms with E-state index in [1.807, 2.05) is 6.26 Å². The largest absolute Gasteiger partial charge is 0.480 e. The van der Waals surface area contributed by atoms with Crippen molar-refractivity contribution in [1.29, 1.82) is 0 Å². The van der Waals surface area contributed by atoms with E-state index in [-0.39, 0.29) is 6.54 Å². The molecule has 10 nitrogen and oxygen atoms in total. The van der Waals surface area contributed by atoms with Crippen LogP contribution < -0.4 is 16.4 Å². The summed E-state index contributed by atoms with van der Waals surface area (Å²) in [4.78, 5) is 49.3. The van der Waals surface area contributed by atoms with Gasteiger partial charge < -0.3 is 31.5 Å². The maximum Gasteiger partial charge on any atom is 0.326 e. The molecule has 6 N–H and O–H groups in total. The average Bonchev–Trinajstić information content (AvgIpc) is 3.12. The van der Waals surface area contributed by atoms with Crippen LogP contribution in [-0.2, 0) is 19.2 Å². The number of carboxylic acids is 1. The molecule has 0 aromatic rings. The molecule has 1 fully saturated rings. The zero-order chi connectivity index (χ0) is 20.6. The van der Waals surface area contributed by atoms with Gasteiger partial charge in [0.1, 0.15) is 18.1 Å². The van der Waals surface area contributed by atoms with Crippen molar-refractivity contribution in [2.75, 3.05) is 25.2 Å². The van der Waals surface area contributed by atoms with Crippen molar-refractivity contribution in [2.45, 2.75) is 50.4 Å². The van der Waals surface area contributed by atoms with Crippen molar-refractivity contribution >= 4 is 35.5 Å². The summed E-state index contributed by atoms with van der Waals surface area (Å²) < 4.78 is 0. The van der Waals surface area contributed by atoms with Crippen LogP contribution in [0.3, 0.4) is 0 Å². The van der Waals surface area contributed by atoms with Gasteiger partial charge in [-0.2, -0.15) is 11.8 Å². The first-order chi connectivity index (χ1) is 12.7. The van der Waals surface area contributed by atoms with Gasteiger partial charge in [0, 0.05) is 6.54 Å². The molecule has 0 radical (unpaired) electrons. The fourth-order valence-electron chi connectivity index (χ4n) is 2.75. The zero-order valence-corrected chi connectivity index (χ0v) is 16.3. The summed E-state index contributed by atoms with van der Waals surface area (Å²) in [6.07, 6.45) is 3.03. The molecule has 1 aliphatic rings. The van der Waals surface area contributed by atoms with E-state index in [0.29, 0.717) is 25.0 Å². The van der Waals surface area contributed by atoms with Gasteiger partial charge in [0.2, 0.25) is 17.7 Å². The van der Waals surface area contributed by atoms with E-state index in [2.05, 4.69) is 10.6 Å². The van der Waals surface area contributed by atoms with Crippen molar-refractivity contribution in [3.8, 4) is 0 Å². The molecule has 1 saturated heterocycles. The van der Waals surface area contributed by atoms with Crippen molar-refractivity contribution in [3.05, 3.63) is 0 Å². The molecule has 4 unspecified atom stereocenters. The minimum Gasteiger partial charge on any atom is -0.480 e. The highest BCUT2D eigenvalue weighted by Gasteiger charge is 2.38. The third-order valence-electron chi connectivity index (χ3n) is 4.28. The van der Waals surface area contributed by atoms with Gasteiger partial charge in [-0.25, -0.2) is 4.79 Å². The molecule has 0 saturated carbocycles. The second kappa shape index (κ2) is 11.1. The standard InChI is InChI=1S/C16H28N4O6S/c1-9(17)13(22)18-10(5-7-27-2)14(23)19-11(8-21)15(24)20-6-3-4-12(20)16(25)26/h9-12,21H,3-8,17H2,1-2H3,(H,18,22)(H,19,23)(H,25,26). The fraction of sp³-hybridized carbons (Fsp3) is 0.750. The Labute approximate surface area is 162 Å². The number of nitrogens with zero attached hydrogens (tertiary/aromatic N) is 1. The van der Waals surface area contributed by atoms with E-state index in [9.17, 15) is 29.4 Å². The Hall–Kier alpha value is -1.85. The summed E-state index contributed by atoms with van der Waals surface area (Å²) in [5, 5.41) is 23.7. The van der Waals surface area contributed by atoms with E-state index in [4.69, 9.17) is 5.73 Å². The molecule has 0 spiro atoms. The van der Waals surface area contributed by atoms with Gasteiger partial charge in [-0.3, -0.25) is 14.4 Å². The molecule has 27 heavy (non-hydrogen) atoms. The van der Waals surface area contributed by atoms with Crippen LogP contribution in [-0.4, -0.2) is 88.1 Å². The van der Waals surface area contributed by atoms with E-state index in [0.717, 1.165) is 4.90 Å². The van der Waals surface area contributed by atoms with Crippen LogP contribution in [0.5, 0.6) is 0 Å². The molecule has 1 heterocycles. The number of aliphatic carboxylic acids is 1. The predicted octanol–water partition coefficient (Wildman–Crippen LogP) is -1.88. The molecule has 1 rings (SSSR count). The van der Waals surface area contributed by atoms with Gasteiger partial charge in [-0.15, -0.1) is 0 Å². The smallest absolute Gasteiger partial charge is 0.326 e. The highest BCUT2D eigenvalue weighted by molar-refractivity contribution is 7.98. The second-order valence-corrected chi connectivity index (χ2v) is 7.39. The minimum atomic E-state index is -1.28. The van der Waals surface area contributed by atoms with Gasteiger partial charge >= 0.3 is 5.97 Å². The summed E-state index contributed by atoms with van der Waals surface area (Å²) in [6, 6.07) is -3.95. The number of carbonyl (C=O) groups excluding carboxylic acids is 3. The molecular formula is C16H28N4O6S. The maximum atomic E-state index is 12.6. The van der Waals surface area contributed by atoms with Crippen LogP contribution in [0.15, 0.2) is 0 Å². The Bertz CT molecular complexity index is 559. The number of likely N-dealkylation sites (tertiary alicyclic amines) is 1. The summed E-state index contributed by atoms with van der Waals surface area (Å²) in [6.45, 7) is 1.06. The summed E-state index contributed by atoms with van der Waals surface area (Å²) >= 11 is 1.49. The zero-order valence-electron chi connectivity index (χ0n) is 15.5. The van der Waals surface area contributed by atoms with Gasteiger partial charge in [0.05, 0.1) is 12.6 Å². The first-order valence-electron chi connectivity index (χ1n) is 8.72. The van der Waals surface area contributed by atoms with Crippen LogP contribution in [0, 0.1) is 0 Å². The van der Waals surface area contributed by atoms with Crippen molar-refractivity contribution in [3.63, 3.8) is 0 Å². The number of thioether (sulfide) groups is 1. The molecule has 4 atom stereocenters. The normalized spacial score (nSPS) is 19.9. The molecule has 0 aromatic heterocycles. The Morgan fingerprint density at radius 3 is 2.37 bits per heavy atom. The molecule has 3 amide bonds. The quantitative estimate of drug-likeness (QED) is 0.283. The van der Waals surface area contributed by atoms with Gasteiger partial charge in [-0.1, -0.05) is 0 Å². The van der Waals surface area contributed by atoms with Crippen LogP contribution in [0.25, 0.3) is 0 Å². The number of hydrogen-bond acceptors (Lipinski definition) is 7. The van der Waals surface area contributed by atoms with E-state index >= 15 is 0 Å². The fourth-order valence-corrected chi connectivity index (χ4v) is 3.22. The lowest BCUT2D eigenvalue weighted by molar-refractivity contribution is -0.150. The molecular weight excluding hydrogens is 376 g/mol. The first-order valence-corrected chi connectivity index (χ1v) is 10.1. The van der Waals surface area contributed by atoms with E-state index < -0.39 is 54.5 Å². The second-order valence-electron chi connectivity index (χ2n) is 6.40. The predicted molar refractivity (Wildman–Crippen MR) is 100.0 cm³/mol. The van der Waals surface area contributed by atoms with Crippen molar-refractivity contribution in [1.82, 2.24) is 15.5 Å². The highest BCUT2D eigenvalue weighted by atomic mass is 32.2. The monoisotopic (exact) mass is 404 g/mol. The molecule has 0 bridgehead atoms. The third-order valence-corrected chi connectivity index (χ3v) is 4.92. The number of nitrogens with two attached hydrogens (primary N) is 1. The first kappa shape index (κ1) is 23.2. The van der Waals surface area contributed by atoms with Crippen molar-refractivity contribution < 1.29 is 29.4 Å². The number of aliphatic hydroxyl groups is 1. The van der Waals surface area contributed by atoms with Crippen LogP contribution in [0.2, 0.25) is 0 Å². The molecule has 1 aliphatic heterocycles. The lowest BCUT2D eigenvalue weighted by Crippen LogP contribution is -2.58. The summed E-state index contributed by atoms with van der Waals surface area (Å²) in [5.41, 5.74) is 5.51. The number of carboxylic acid groups (broad SMARTS) is 1. The molecule has 0 aromatic carbocycles. The topological polar surface area (TPSA) is 162 Å². The average molecular weight is 404 g/mol. The lowest BCUT2D eigenvalue weighted by Gasteiger charge is -2.27. The minimum absolute atomic E-state index is 0.250. The molecule has 0 aliphatic carbocycles. The van der Waals surface area contributed by atoms with E-state index in [1.54, 1.807) is 0 Å². The van der Waals surface area contributed by atoms with Gasteiger partial charge in [0.15, 0.2) is 0 Å². The van der Waals surface area contributed by atoms with Gasteiger partial charge in [-0.05, 0) is 38.2 Å². The number of nitrogens with one attached hydrogen (secondary N) is 2. The van der Waals surface area contributed by atoms with E-state index in [1.165, 1.54) is 18.7 Å². The van der Waals surface area contributed by atoms with Crippen LogP contribution >= 0.6 is 11.8 Å². The molecule has 11 heteroatoms. The lowest BCUT2D eigenvalue weighted by atomic mass is 10.1. The van der Waals surface area contributed by atoms with Crippen LogP contribution in [0.1, 0.15) is 26.2 Å². The number of carbonyl (C=O) groups is 4. The number of aliphatic hydroxyl groups excluding tert-OH is 1. The summed E-state index contributed by atoms with van der Waals surface area (Å²) in [5.74, 6) is -2.32. The third kappa shape index (κ3) is 6.67. The SMILES string of the molecule is CSCCC(NC(=O)C(C)N)C(=O)NC(CO)C(=O)N1CCCC1C(=O)O. The van der Waals surface area contributed by atoms with Crippen molar-refractivity contribution in [2.24, 2.45) is 5.73 Å². The Morgan fingerprint density at radius 1 is 1.22 bits per heavy atom. The summed E-state index contributed by atoms with van der Waals surface area (Å²) in [7, 11) is 0. The molecule has 154 valence electrons. The van der Waals surface area contributed by atoms with Crippen LogP contribution in [0.4, 0.5) is 0 Å². The highest BCUT2D eigenvalue weighted by Crippen LogP contribution is 2.18.